The van der Waals surface area contributed by atoms with Crippen molar-refractivity contribution in [2.24, 2.45) is 5.92 Å². The predicted molar refractivity (Wildman–Crippen MR) is 115 cm³/mol. The molecule has 3 heterocycles. The number of nitrogens with two attached hydrogens (primary N) is 1. The lowest BCUT2D eigenvalue weighted by molar-refractivity contribution is -0.0869. The van der Waals surface area contributed by atoms with E-state index in [1.807, 2.05) is 30.3 Å². The summed E-state index contributed by atoms with van der Waals surface area (Å²) in [5.74, 6) is -0.584. The van der Waals surface area contributed by atoms with Crippen LogP contribution in [0.15, 0.2) is 41.5 Å². The van der Waals surface area contributed by atoms with Crippen LogP contribution >= 0.6 is 7.75 Å². The lowest BCUT2D eigenvalue weighted by Gasteiger charge is -2.28. The van der Waals surface area contributed by atoms with Crippen molar-refractivity contribution in [1.82, 2.24) is 24.6 Å². The molecule has 3 aromatic rings. The topological polar surface area (TPSA) is 178 Å². The average Bonchev–Trinajstić information content (AvgIpc) is 3.25. The highest BCUT2D eigenvalue weighted by Gasteiger charge is 2.52. The van der Waals surface area contributed by atoms with Crippen LogP contribution in [0.3, 0.4) is 0 Å². The minimum absolute atomic E-state index is 0.0518. The van der Waals surface area contributed by atoms with Crippen LogP contribution in [0.25, 0.3) is 11.2 Å². The summed E-state index contributed by atoms with van der Waals surface area (Å²) in [5, 5.41) is 13.6. The molecule has 1 saturated heterocycles. The van der Waals surface area contributed by atoms with Crippen molar-refractivity contribution in [1.29, 1.82) is 0 Å². The minimum atomic E-state index is -4.12. The molecule has 13 heteroatoms. The van der Waals surface area contributed by atoms with E-state index in [0.717, 1.165) is 5.56 Å². The molecule has 0 saturated carbocycles. The number of imidazole rings is 1. The van der Waals surface area contributed by atoms with Gasteiger partial charge in [0, 0.05) is 12.5 Å². The average molecular weight is 464 g/mol. The van der Waals surface area contributed by atoms with Gasteiger partial charge in [0.1, 0.15) is 5.60 Å². The third kappa shape index (κ3) is 4.33. The lowest BCUT2D eigenvalue weighted by Crippen LogP contribution is -2.38. The third-order valence-corrected chi connectivity index (χ3v) is 6.78. The summed E-state index contributed by atoms with van der Waals surface area (Å²) < 4.78 is 25.0. The zero-order chi connectivity index (χ0) is 23.1. The maximum atomic E-state index is 12.4. The summed E-state index contributed by atoms with van der Waals surface area (Å²) >= 11 is 0. The maximum absolute atomic E-state index is 12.4. The molecule has 1 aromatic carbocycles. The normalized spacial score (nSPS) is 27.6. The lowest BCUT2D eigenvalue weighted by atomic mass is 9.88. The standard InChI is InChI=1S/C19H25N6O6P/c1-11-13(9-30-32(28,29)22-8-12-6-4-3-5-7-12)31-17(19(11,2)27)25-10-21-14-15(25)23-18(20)24-16(14)26/h3-7,10-11,13,17,27H,8-9H2,1-2H3,(H2,22,28,29)(H3,20,23,24,26). The van der Waals surface area contributed by atoms with Gasteiger partial charge in [-0.1, -0.05) is 37.3 Å². The molecule has 0 radical (unpaired) electrons. The summed E-state index contributed by atoms with van der Waals surface area (Å²) in [6, 6.07) is 9.14. The van der Waals surface area contributed by atoms with Gasteiger partial charge in [-0.25, -0.2) is 14.6 Å². The maximum Gasteiger partial charge on any atom is 0.403 e. The molecule has 6 N–H and O–H groups in total. The first-order valence-electron chi connectivity index (χ1n) is 9.95. The Kier molecular flexibility index (Phi) is 5.93. The van der Waals surface area contributed by atoms with Gasteiger partial charge in [-0.3, -0.25) is 18.9 Å². The van der Waals surface area contributed by atoms with Crippen molar-refractivity contribution in [3.63, 3.8) is 0 Å². The van der Waals surface area contributed by atoms with Crippen molar-refractivity contribution in [3.05, 3.63) is 52.6 Å². The van der Waals surface area contributed by atoms with E-state index in [1.165, 1.54) is 10.9 Å². The first-order chi connectivity index (χ1) is 15.1. The van der Waals surface area contributed by atoms with Gasteiger partial charge >= 0.3 is 7.75 Å². The van der Waals surface area contributed by atoms with Crippen LogP contribution in [0, 0.1) is 5.92 Å². The van der Waals surface area contributed by atoms with Crippen molar-refractivity contribution in [2.45, 2.75) is 38.3 Å². The Bertz CT molecular complexity index is 1210. The molecule has 4 rings (SSSR count). The molecule has 1 fully saturated rings. The van der Waals surface area contributed by atoms with Gasteiger partial charge in [0.25, 0.3) is 5.56 Å². The zero-order valence-corrected chi connectivity index (χ0v) is 18.4. The van der Waals surface area contributed by atoms with Gasteiger partial charge in [-0.05, 0) is 12.5 Å². The Hall–Kier alpha value is -2.60. The number of aliphatic hydroxyl groups is 1. The first-order valence-corrected chi connectivity index (χ1v) is 11.5. The van der Waals surface area contributed by atoms with Crippen LogP contribution < -0.4 is 16.4 Å². The Balaban J connectivity index is 1.48. The third-order valence-electron chi connectivity index (χ3n) is 5.73. The molecule has 5 atom stereocenters. The molecule has 5 unspecified atom stereocenters. The van der Waals surface area contributed by atoms with Gasteiger partial charge in [0.15, 0.2) is 17.4 Å². The summed E-state index contributed by atoms with van der Waals surface area (Å²) in [5.41, 5.74) is 4.75. The molecule has 32 heavy (non-hydrogen) atoms. The first kappa shape index (κ1) is 22.6. The number of nitrogen functional groups attached to an aromatic ring is 1. The van der Waals surface area contributed by atoms with E-state index >= 15 is 0 Å². The SMILES string of the molecule is CC1C(COP(=O)(O)NCc2ccccc2)OC(n2cnc3c(=O)[nH]c(N)nc32)C1(C)O. The fraction of sp³-hybridized carbons (Fsp3) is 0.421. The Morgan fingerprint density at radius 1 is 1.41 bits per heavy atom. The monoisotopic (exact) mass is 464 g/mol. The summed E-state index contributed by atoms with van der Waals surface area (Å²) in [6.07, 6.45) is -0.356. The summed E-state index contributed by atoms with van der Waals surface area (Å²) in [4.78, 5) is 32.7. The van der Waals surface area contributed by atoms with Crippen LogP contribution in [0.1, 0.15) is 25.6 Å². The van der Waals surface area contributed by atoms with E-state index in [0.29, 0.717) is 0 Å². The van der Waals surface area contributed by atoms with E-state index in [4.69, 9.17) is 15.0 Å². The van der Waals surface area contributed by atoms with E-state index in [2.05, 4.69) is 20.0 Å². The van der Waals surface area contributed by atoms with Crippen molar-refractivity contribution in [2.75, 3.05) is 12.3 Å². The highest BCUT2D eigenvalue weighted by Crippen LogP contribution is 2.45. The van der Waals surface area contributed by atoms with Gasteiger partial charge < -0.3 is 20.5 Å². The molecule has 1 aliphatic heterocycles. The van der Waals surface area contributed by atoms with Crippen molar-refractivity contribution < 1.29 is 23.8 Å². The van der Waals surface area contributed by atoms with Crippen LogP contribution in [-0.4, -0.2) is 47.8 Å². The van der Waals surface area contributed by atoms with Crippen LogP contribution in [0.4, 0.5) is 5.95 Å². The highest BCUT2D eigenvalue weighted by molar-refractivity contribution is 7.50. The number of fused-ring (bicyclic) bond motifs is 1. The van der Waals surface area contributed by atoms with Crippen molar-refractivity contribution >= 4 is 24.9 Å². The fourth-order valence-corrected chi connectivity index (χ4v) is 4.50. The van der Waals surface area contributed by atoms with Crippen molar-refractivity contribution in [3.8, 4) is 0 Å². The zero-order valence-electron chi connectivity index (χ0n) is 17.5. The smallest absolute Gasteiger partial charge is 0.385 e. The summed E-state index contributed by atoms with van der Waals surface area (Å²) in [7, 11) is -4.12. The number of aromatic amines is 1. The van der Waals surface area contributed by atoms with Gasteiger partial charge in [-0.15, -0.1) is 0 Å². The predicted octanol–water partition coefficient (Wildman–Crippen LogP) is 0.893. The molecule has 0 bridgehead atoms. The number of benzene rings is 1. The Morgan fingerprint density at radius 2 is 2.12 bits per heavy atom. The number of ether oxygens (including phenoxy) is 1. The highest BCUT2D eigenvalue weighted by atomic mass is 31.2. The van der Waals surface area contributed by atoms with Crippen LogP contribution in [0.5, 0.6) is 0 Å². The molecule has 172 valence electrons. The number of hydrogen-bond acceptors (Lipinski definition) is 8. The summed E-state index contributed by atoms with van der Waals surface area (Å²) in [6.45, 7) is 3.21. The molecule has 0 spiro atoms. The second-order valence-corrected chi connectivity index (χ2v) is 9.57. The van der Waals surface area contributed by atoms with E-state index in [9.17, 15) is 19.4 Å². The van der Waals surface area contributed by atoms with Gasteiger partial charge in [-0.2, -0.15) is 4.98 Å². The number of H-pyrrole nitrogens is 1. The fourth-order valence-electron chi connectivity index (χ4n) is 3.68. The number of rotatable bonds is 7. The number of aromatic nitrogens is 4. The quantitative estimate of drug-likeness (QED) is 0.315. The van der Waals surface area contributed by atoms with Crippen LogP contribution in [-0.2, 0) is 20.4 Å². The van der Waals surface area contributed by atoms with E-state index in [-0.39, 0.29) is 30.3 Å². The van der Waals surface area contributed by atoms with Crippen LogP contribution in [0.2, 0.25) is 0 Å². The molecule has 12 nitrogen and oxygen atoms in total. The minimum Gasteiger partial charge on any atom is -0.385 e. The largest absolute Gasteiger partial charge is 0.403 e. The number of nitrogens with one attached hydrogen (secondary N) is 2. The van der Waals surface area contributed by atoms with Gasteiger partial charge in [0.2, 0.25) is 5.95 Å². The molecule has 0 amide bonds. The molecule has 1 aliphatic rings. The van der Waals surface area contributed by atoms with E-state index in [1.54, 1.807) is 13.8 Å². The number of hydrogen-bond donors (Lipinski definition) is 5. The molecule has 0 aliphatic carbocycles. The Morgan fingerprint density at radius 3 is 2.84 bits per heavy atom. The van der Waals surface area contributed by atoms with Gasteiger partial charge in [0.05, 0.1) is 19.0 Å². The number of anilines is 1. The van der Waals surface area contributed by atoms with E-state index < -0.39 is 37.2 Å². The molecular formula is C19H25N6O6P. The second-order valence-electron chi connectivity index (χ2n) is 7.95. The Labute approximate surface area is 183 Å². The second kappa shape index (κ2) is 8.39. The molecular weight excluding hydrogens is 439 g/mol. The molecule has 2 aromatic heterocycles. The number of nitrogens with zero attached hydrogens (tertiary/aromatic N) is 3.